The maximum atomic E-state index is 14.0. The lowest BCUT2D eigenvalue weighted by atomic mass is 9.83. The molecule has 0 aromatic heterocycles. The number of aliphatic hydroxyl groups excluding tert-OH is 7. The summed E-state index contributed by atoms with van der Waals surface area (Å²) in [6.07, 6.45) is -23.2. The van der Waals surface area contributed by atoms with Gasteiger partial charge in [-0.2, -0.15) is 0 Å². The minimum absolute atomic E-state index is 0.0823. The van der Waals surface area contributed by atoms with E-state index in [1.807, 2.05) is 0 Å². The summed E-state index contributed by atoms with van der Waals surface area (Å²) in [6.45, 7) is -1.34. The first-order chi connectivity index (χ1) is 23.7. The molecule has 50 heavy (non-hydrogen) atoms. The average molecular weight is 732 g/mol. The van der Waals surface area contributed by atoms with E-state index in [9.17, 15) is 44.9 Å². The Kier molecular flexibility index (Phi) is 15.0. The molecule has 0 radical (unpaired) electrons. The van der Waals surface area contributed by atoms with E-state index in [-0.39, 0.29) is 25.9 Å². The molecule has 1 amide bonds. The third-order valence-corrected chi connectivity index (χ3v) is 9.52. The van der Waals surface area contributed by atoms with Crippen LogP contribution in [0.4, 0.5) is 4.39 Å². The molecule has 292 valence electrons. The number of ether oxygens (including phenoxy) is 6. The Labute approximate surface area is 287 Å². The third-order valence-electron chi connectivity index (χ3n) is 9.52. The monoisotopic (exact) mass is 731 g/mol. The van der Waals surface area contributed by atoms with E-state index in [0.717, 1.165) is 0 Å². The van der Waals surface area contributed by atoms with E-state index < -0.39 is 142 Å². The summed E-state index contributed by atoms with van der Waals surface area (Å²) < 4.78 is 49.3. The van der Waals surface area contributed by atoms with Crippen LogP contribution in [0.15, 0.2) is 0 Å². The van der Waals surface area contributed by atoms with Gasteiger partial charge in [0.05, 0.1) is 36.9 Å². The van der Waals surface area contributed by atoms with Crippen molar-refractivity contribution in [1.29, 1.82) is 0 Å². The summed E-state index contributed by atoms with van der Waals surface area (Å²) in [4.78, 5) is 12.6. The zero-order valence-electron chi connectivity index (χ0n) is 27.5. The lowest BCUT2D eigenvalue weighted by Gasteiger charge is -2.47. The van der Waals surface area contributed by atoms with Gasteiger partial charge in [-0.15, -0.1) is 0 Å². The molecule has 0 aromatic carbocycles. The smallest absolute Gasteiger partial charge is 0.252 e. The van der Waals surface area contributed by atoms with Gasteiger partial charge in [-0.1, -0.05) is 0 Å². The van der Waals surface area contributed by atoms with Crippen LogP contribution in [0.5, 0.6) is 0 Å². The van der Waals surface area contributed by atoms with Gasteiger partial charge in [0.1, 0.15) is 61.1 Å². The van der Waals surface area contributed by atoms with Crippen LogP contribution in [0, 0.1) is 0 Å². The molecule has 20 atom stereocenters. The molecule has 4 aliphatic rings. The summed E-state index contributed by atoms with van der Waals surface area (Å²) in [7, 11) is 1.65. The number of amides is 1. The Hall–Kier alpha value is -1.36. The number of rotatable bonds is 14. The van der Waals surface area contributed by atoms with Gasteiger partial charge in [-0.3, -0.25) is 4.79 Å². The zero-order chi connectivity index (χ0) is 37.0. The number of likely N-dealkylation sites (N-methyl/N-ethyl adjacent to an activating group) is 1. The van der Waals surface area contributed by atoms with Crippen LogP contribution < -0.4 is 39.3 Å². The second-order valence-electron chi connectivity index (χ2n) is 13.1. The van der Waals surface area contributed by atoms with Crippen LogP contribution in [0.1, 0.15) is 12.8 Å². The third kappa shape index (κ3) is 9.04. The molecule has 19 N–H and O–H groups in total. The summed E-state index contributed by atoms with van der Waals surface area (Å²) >= 11 is 0. The summed E-state index contributed by atoms with van der Waals surface area (Å²) in [6, 6.07) is -4.47. The molecular weight excluding hydrogens is 677 g/mol. The molecule has 3 aliphatic heterocycles. The van der Waals surface area contributed by atoms with Crippen molar-refractivity contribution >= 4 is 5.91 Å². The van der Waals surface area contributed by atoms with Gasteiger partial charge in [0.15, 0.2) is 25.0 Å². The lowest BCUT2D eigenvalue weighted by molar-refractivity contribution is -0.296. The normalized spacial score (nSPS) is 46.8. The van der Waals surface area contributed by atoms with Crippen LogP contribution in [-0.2, 0) is 33.2 Å². The number of nitrogens with two attached hydrogens (primary N) is 5. The standard InChI is InChI=1S/C28H54FN7O14/c1-35-6-14-12(38)3-10(33)26(46-14)48-22-9(32)2-11(36-25(44)17(39)8(29)4-30)18(40)24(22)50-28-21(43)23(15(7-37)47-28)49-27-16(34)20(42)19(41)13(5-31)45-27/h8-24,26-28,35,37-43H,2-7,30-34H2,1H3,(H,36,44)/t8-,9+,10-,11-,12+,13+,14-,15-,16-,17+,18+,19-,20-,21-,22-,23-,24-,26-,27-,28+/m1/s1. The largest absolute Gasteiger partial charge is 0.394 e. The highest BCUT2D eigenvalue weighted by molar-refractivity contribution is 5.81. The number of alkyl halides is 1. The Balaban J connectivity index is 1.56. The topological polar surface area (TPSA) is 368 Å². The van der Waals surface area contributed by atoms with Crippen molar-refractivity contribution in [2.24, 2.45) is 28.7 Å². The van der Waals surface area contributed by atoms with E-state index >= 15 is 0 Å². The average Bonchev–Trinajstić information content (AvgIpc) is 3.39. The van der Waals surface area contributed by atoms with Crippen molar-refractivity contribution in [3.63, 3.8) is 0 Å². The Morgan fingerprint density at radius 3 is 2.06 bits per heavy atom. The van der Waals surface area contributed by atoms with Gasteiger partial charge in [-0.25, -0.2) is 4.39 Å². The second-order valence-corrected chi connectivity index (χ2v) is 13.1. The molecule has 21 nitrogen and oxygen atoms in total. The highest BCUT2D eigenvalue weighted by Gasteiger charge is 2.54. The van der Waals surface area contributed by atoms with Gasteiger partial charge in [0.25, 0.3) is 5.91 Å². The fourth-order valence-corrected chi connectivity index (χ4v) is 6.57. The summed E-state index contributed by atoms with van der Waals surface area (Å²) in [5, 5.41) is 79.3. The van der Waals surface area contributed by atoms with Crippen LogP contribution in [0.2, 0.25) is 0 Å². The van der Waals surface area contributed by atoms with Crippen LogP contribution in [-0.4, -0.2) is 197 Å². The van der Waals surface area contributed by atoms with Gasteiger partial charge in [0.2, 0.25) is 0 Å². The molecule has 0 spiro atoms. The first-order valence-corrected chi connectivity index (χ1v) is 16.5. The first kappa shape index (κ1) is 41.4. The van der Waals surface area contributed by atoms with Crippen molar-refractivity contribution in [3.05, 3.63) is 0 Å². The molecule has 0 aromatic rings. The van der Waals surface area contributed by atoms with Crippen LogP contribution in [0.3, 0.4) is 0 Å². The molecule has 3 heterocycles. The molecule has 1 saturated carbocycles. The molecule has 3 saturated heterocycles. The Morgan fingerprint density at radius 1 is 0.820 bits per heavy atom. The molecule has 1 aliphatic carbocycles. The number of nitrogens with one attached hydrogen (secondary N) is 2. The Morgan fingerprint density at radius 2 is 1.44 bits per heavy atom. The number of halogens is 1. The fraction of sp³-hybridized carbons (Fsp3) is 0.964. The first-order valence-electron chi connectivity index (χ1n) is 16.5. The molecule has 0 bridgehead atoms. The maximum absolute atomic E-state index is 14.0. The predicted molar refractivity (Wildman–Crippen MR) is 166 cm³/mol. The molecule has 0 unspecified atom stereocenters. The van der Waals surface area contributed by atoms with Gasteiger partial charge < -0.3 is 103 Å². The van der Waals surface area contributed by atoms with Crippen LogP contribution >= 0.6 is 0 Å². The number of carbonyl (C=O) groups is 1. The molecule has 22 heteroatoms. The van der Waals surface area contributed by atoms with E-state index in [1.165, 1.54) is 0 Å². The summed E-state index contributed by atoms with van der Waals surface area (Å²) in [5.41, 5.74) is 29.6. The highest BCUT2D eigenvalue weighted by Crippen LogP contribution is 2.34. The quantitative estimate of drug-likeness (QED) is 0.0788. The number of aliphatic hydroxyl groups is 7. The second kappa shape index (κ2) is 18.1. The lowest BCUT2D eigenvalue weighted by Crippen LogP contribution is -2.67. The molecular formula is C28H54FN7O14. The van der Waals surface area contributed by atoms with Crippen molar-refractivity contribution in [2.75, 3.05) is 33.3 Å². The SMILES string of the molecule is CNC[C@H]1O[C@H](O[C@H]2[C@H](O[C@@H]3O[C@H](CO)[C@@H](O[C@H]4O[C@@H](CN)[C@@H](O)[C@H](O)[C@H]4N)[C@H]3O)[C@@H](O)[C@H](NC(=O)[C@@H](O)[C@H](F)CN)C[C@@H]2N)[C@H](N)C[C@@H]1O. The van der Waals surface area contributed by atoms with Crippen molar-refractivity contribution in [1.82, 2.24) is 10.6 Å². The van der Waals surface area contributed by atoms with Gasteiger partial charge in [0, 0.05) is 25.7 Å². The van der Waals surface area contributed by atoms with E-state index in [4.69, 9.17) is 57.1 Å². The van der Waals surface area contributed by atoms with E-state index in [1.54, 1.807) is 7.05 Å². The Bertz CT molecular complexity index is 1080. The van der Waals surface area contributed by atoms with Crippen molar-refractivity contribution in [2.45, 2.75) is 135 Å². The van der Waals surface area contributed by atoms with E-state index in [2.05, 4.69) is 10.6 Å². The number of hydrogen-bond donors (Lipinski definition) is 14. The fourth-order valence-electron chi connectivity index (χ4n) is 6.57. The van der Waals surface area contributed by atoms with Crippen LogP contribution in [0.25, 0.3) is 0 Å². The van der Waals surface area contributed by atoms with Crippen molar-refractivity contribution < 1.29 is 73.4 Å². The number of carbonyl (C=O) groups excluding carboxylic acids is 1. The van der Waals surface area contributed by atoms with Crippen molar-refractivity contribution in [3.8, 4) is 0 Å². The molecule has 4 fully saturated rings. The van der Waals surface area contributed by atoms with Gasteiger partial charge in [-0.05, 0) is 19.9 Å². The molecule has 4 rings (SSSR count). The predicted octanol–water partition coefficient (Wildman–Crippen LogP) is -8.79. The summed E-state index contributed by atoms with van der Waals surface area (Å²) in [5.74, 6) is -1.18. The zero-order valence-corrected chi connectivity index (χ0v) is 27.5. The maximum Gasteiger partial charge on any atom is 0.252 e. The number of hydrogen-bond acceptors (Lipinski definition) is 20. The van der Waals surface area contributed by atoms with E-state index in [0.29, 0.717) is 0 Å². The minimum atomic E-state index is -2.16. The van der Waals surface area contributed by atoms with Gasteiger partial charge >= 0.3 is 0 Å². The highest BCUT2D eigenvalue weighted by atomic mass is 19.1. The minimum Gasteiger partial charge on any atom is -0.394 e.